The van der Waals surface area contributed by atoms with Gasteiger partial charge in [-0.3, -0.25) is 19.4 Å². The molecule has 0 spiro atoms. The summed E-state index contributed by atoms with van der Waals surface area (Å²) in [5, 5.41) is 12.4. The van der Waals surface area contributed by atoms with Gasteiger partial charge >= 0.3 is 5.97 Å². The summed E-state index contributed by atoms with van der Waals surface area (Å²) in [5.41, 5.74) is 3.17. The Bertz CT molecular complexity index is 991. The third kappa shape index (κ3) is 4.88. The number of piperazine rings is 1. The first-order valence-corrected chi connectivity index (χ1v) is 10.8. The minimum Gasteiger partial charge on any atom is -0.481 e. The minimum atomic E-state index is -0.991. The molecule has 0 atom stereocenters. The van der Waals surface area contributed by atoms with Crippen LogP contribution in [-0.2, 0) is 16.0 Å². The lowest BCUT2D eigenvalue weighted by atomic mass is 9.97. The van der Waals surface area contributed by atoms with Crippen molar-refractivity contribution >= 4 is 29.2 Å². The second-order valence-electron chi connectivity index (χ2n) is 7.96. The molecular formula is C23H27N5O4. The van der Waals surface area contributed by atoms with E-state index in [0.717, 1.165) is 37.4 Å². The van der Waals surface area contributed by atoms with Crippen LogP contribution in [0.3, 0.4) is 0 Å². The van der Waals surface area contributed by atoms with E-state index in [1.54, 1.807) is 23.2 Å². The number of nitrogens with one attached hydrogen (secondary N) is 1. The predicted octanol–water partition coefficient (Wildman–Crippen LogP) is 0.997. The summed E-state index contributed by atoms with van der Waals surface area (Å²) in [7, 11) is 0. The van der Waals surface area contributed by atoms with E-state index in [2.05, 4.69) is 21.3 Å². The molecule has 3 heterocycles. The van der Waals surface area contributed by atoms with Crippen molar-refractivity contribution in [3.05, 3.63) is 53.9 Å². The smallest absolute Gasteiger partial charge is 0.305 e. The van der Waals surface area contributed by atoms with Crippen molar-refractivity contribution in [2.75, 3.05) is 55.6 Å². The largest absolute Gasteiger partial charge is 0.481 e. The molecular weight excluding hydrogens is 410 g/mol. The number of carboxylic acids is 1. The number of carbonyl (C=O) groups is 3. The van der Waals surface area contributed by atoms with Gasteiger partial charge in [0.1, 0.15) is 6.54 Å². The van der Waals surface area contributed by atoms with Gasteiger partial charge in [-0.2, -0.15) is 0 Å². The van der Waals surface area contributed by atoms with Gasteiger partial charge in [0.15, 0.2) is 0 Å². The average molecular weight is 438 g/mol. The van der Waals surface area contributed by atoms with Crippen LogP contribution in [-0.4, -0.2) is 78.6 Å². The molecule has 2 amide bonds. The zero-order valence-electron chi connectivity index (χ0n) is 17.9. The fraction of sp³-hybridized carbons (Fsp3) is 0.391. The summed E-state index contributed by atoms with van der Waals surface area (Å²) >= 11 is 0. The lowest BCUT2D eigenvalue weighted by molar-refractivity contribution is -0.136. The van der Waals surface area contributed by atoms with Crippen LogP contribution in [0.4, 0.5) is 11.4 Å². The highest BCUT2D eigenvalue weighted by atomic mass is 16.4. The number of anilines is 2. The summed E-state index contributed by atoms with van der Waals surface area (Å²) < 4.78 is 0. The maximum absolute atomic E-state index is 13.2. The van der Waals surface area contributed by atoms with Crippen molar-refractivity contribution in [2.45, 2.75) is 12.8 Å². The van der Waals surface area contributed by atoms with Crippen LogP contribution in [0.2, 0.25) is 0 Å². The molecule has 0 unspecified atom stereocenters. The van der Waals surface area contributed by atoms with Crippen LogP contribution in [0.1, 0.15) is 22.3 Å². The highest BCUT2D eigenvalue weighted by Crippen LogP contribution is 2.25. The topological polar surface area (TPSA) is 106 Å². The Morgan fingerprint density at radius 1 is 1.16 bits per heavy atom. The van der Waals surface area contributed by atoms with E-state index in [9.17, 15) is 14.4 Å². The van der Waals surface area contributed by atoms with Crippen molar-refractivity contribution in [2.24, 2.45) is 0 Å². The van der Waals surface area contributed by atoms with Gasteiger partial charge in [0.05, 0.1) is 18.3 Å². The van der Waals surface area contributed by atoms with Gasteiger partial charge < -0.3 is 25.1 Å². The summed E-state index contributed by atoms with van der Waals surface area (Å²) in [5.74, 6) is -1.48. The third-order valence-electron chi connectivity index (χ3n) is 5.88. The van der Waals surface area contributed by atoms with Crippen LogP contribution in [0, 0.1) is 0 Å². The van der Waals surface area contributed by atoms with E-state index in [1.165, 1.54) is 11.1 Å². The van der Waals surface area contributed by atoms with Gasteiger partial charge in [0.2, 0.25) is 5.91 Å². The molecule has 2 aliphatic heterocycles. The molecule has 1 saturated heterocycles. The number of aromatic nitrogens is 1. The maximum Gasteiger partial charge on any atom is 0.305 e. The second-order valence-corrected chi connectivity index (χ2v) is 7.96. The molecule has 0 bridgehead atoms. The van der Waals surface area contributed by atoms with Crippen molar-refractivity contribution in [3.8, 4) is 0 Å². The lowest BCUT2D eigenvalue weighted by Gasteiger charge is -2.33. The molecule has 1 aromatic carbocycles. The zero-order valence-corrected chi connectivity index (χ0v) is 17.9. The van der Waals surface area contributed by atoms with Crippen molar-refractivity contribution in [1.29, 1.82) is 0 Å². The van der Waals surface area contributed by atoms with E-state index < -0.39 is 5.97 Å². The summed E-state index contributed by atoms with van der Waals surface area (Å²) in [6.07, 6.45) is 3.60. The van der Waals surface area contributed by atoms with Crippen LogP contribution in [0.15, 0.2) is 42.7 Å². The zero-order chi connectivity index (χ0) is 22.5. The van der Waals surface area contributed by atoms with Gasteiger partial charge in [0.25, 0.3) is 5.91 Å². The van der Waals surface area contributed by atoms with E-state index >= 15 is 0 Å². The molecule has 0 saturated carbocycles. The van der Waals surface area contributed by atoms with E-state index in [-0.39, 0.29) is 31.3 Å². The first-order chi connectivity index (χ1) is 15.5. The quantitative estimate of drug-likeness (QED) is 0.666. The maximum atomic E-state index is 13.2. The third-order valence-corrected chi connectivity index (χ3v) is 5.88. The van der Waals surface area contributed by atoms with Gasteiger partial charge in [-0.15, -0.1) is 0 Å². The SMILES string of the molecule is O=C(O)CCN(C(=O)CN1CCc2ccc(N3CCNCC3)cc2C1=O)c1cccnc1. The number of hydrogen-bond acceptors (Lipinski definition) is 6. The Labute approximate surface area is 186 Å². The van der Waals surface area contributed by atoms with Crippen molar-refractivity contribution < 1.29 is 19.5 Å². The average Bonchev–Trinajstić information content (AvgIpc) is 2.82. The van der Waals surface area contributed by atoms with Gasteiger partial charge in [-0.25, -0.2) is 0 Å². The lowest BCUT2D eigenvalue weighted by Crippen LogP contribution is -2.46. The summed E-state index contributed by atoms with van der Waals surface area (Å²) in [4.78, 5) is 46.6. The highest BCUT2D eigenvalue weighted by Gasteiger charge is 2.29. The predicted molar refractivity (Wildman–Crippen MR) is 120 cm³/mol. The van der Waals surface area contributed by atoms with Crippen molar-refractivity contribution in [1.82, 2.24) is 15.2 Å². The molecule has 32 heavy (non-hydrogen) atoms. The molecule has 1 fully saturated rings. The molecule has 0 radical (unpaired) electrons. The number of pyridine rings is 1. The first kappa shape index (κ1) is 21.8. The minimum absolute atomic E-state index is 0.0195. The van der Waals surface area contributed by atoms with E-state index in [4.69, 9.17) is 5.11 Å². The number of fused-ring (bicyclic) bond motifs is 1. The normalized spacial score (nSPS) is 15.9. The number of carboxylic acid groups (broad SMARTS) is 1. The molecule has 168 valence electrons. The number of aliphatic carboxylic acids is 1. The molecule has 0 aliphatic carbocycles. The number of hydrogen-bond donors (Lipinski definition) is 2. The Kier molecular flexibility index (Phi) is 6.65. The number of carbonyl (C=O) groups excluding carboxylic acids is 2. The van der Waals surface area contributed by atoms with Gasteiger partial charge in [-0.1, -0.05) is 6.07 Å². The Balaban J connectivity index is 1.50. The molecule has 4 rings (SSSR count). The van der Waals surface area contributed by atoms with Gasteiger partial charge in [0, 0.05) is 56.7 Å². The summed E-state index contributed by atoms with van der Waals surface area (Å²) in [6, 6.07) is 9.41. The van der Waals surface area contributed by atoms with Crippen LogP contribution < -0.4 is 15.1 Å². The van der Waals surface area contributed by atoms with Crippen LogP contribution in [0.25, 0.3) is 0 Å². The Morgan fingerprint density at radius 3 is 2.69 bits per heavy atom. The van der Waals surface area contributed by atoms with Crippen LogP contribution in [0.5, 0.6) is 0 Å². The van der Waals surface area contributed by atoms with E-state index in [0.29, 0.717) is 24.2 Å². The molecule has 1 aromatic heterocycles. The monoisotopic (exact) mass is 437 g/mol. The highest BCUT2D eigenvalue weighted by molar-refractivity contribution is 6.02. The van der Waals surface area contributed by atoms with Gasteiger partial charge in [-0.05, 0) is 36.2 Å². The molecule has 9 nitrogen and oxygen atoms in total. The fourth-order valence-corrected chi connectivity index (χ4v) is 4.15. The molecule has 2 aliphatic rings. The number of nitrogens with zero attached hydrogens (tertiary/aromatic N) is 4. The number of rotatable bonds is 7. The fourth-order valence-electron chi connectivity index (χ4n) is 4.15. The Hall–Kier alpha value is -3.46. The number of benzene rings is 1. The standard InChI is InChI=1S/C23H27N5O4/c29-21(28(11-6-22(30)31)19-2-1-7-25-15-19)16-27-10-5-17-3-4-18(14-20(17)23(27)32)26-12-8-24-9-13-26/h1-4,7,14-15,24H,5-6,8-13,16H2,(H,30,31). The van der Waals surface area contributed by atoms with Crippen LogP contribution >= 0.6 is 0 Å². The summed E-state index contributed by atoms with van der Waals surface area (Å²) in [6.45, 7) is 3.96. The molecule has 9 heteroatoms. The second kappa shape index (κ2) is 9.78. The van der Waals surface area contributed by atoms with Crippen molar-refractivity contribution in [3.63, 3.8) is 0 Å². The number of amides is 2. The van der Waals surface area contributed by atoms with E-state index in [1.807, 2.05) is 12.1 Å². The first-order valence-electron chi connectivity index (χ1n) is 10.8. The molecule has 2 N–H and O–H groups in total. The Morgan fingerprint density at radius 2 is 1.97 bits per heavy atom. The molecule has 2 aromatic rings.